The Labute approximate surface area is 136 Å². The fourth-order valence-corrected chi connectivity index (χ4v) is 2.58. The number of nitrogens with one attached hydrogen (secondary N) is 2. The number of nitrogens with zero attached hydrogens (tertiary/aromatic N) is 3. The molecule has 9 heteroatoms. The van der Waals surface area contributed by atoms with Gasteiger partial charge in [0.2, 0.25) is 5.89 Å². The normalized spacial score (nSPS) is 11.0. The Balaban J connectivity index is 1.53. The van der Waals surface area contributed by atoms with Crippen LogP contribution >= 0.6 is 11.8 Å². The lowest BCUT2D eigenvalue weighted by atomic mass is 10.3. The quantitative estimate of drug-likeness (QED) is 0.498. The minimum atomic E-state index is -0.264. The van der Waals surface area contributed by atoms with E-state index in [0.29, 0.717) is 24.0 Å². The third-order valence-electron chi connectivity index (χ3n) is 3.01. The molecule has 0 saturated heterocycles. The fourth-order valence-electron chi connectivity index (χ4n) is 2.02. The van der Waals surface area contributed by atoms with Gasteiger partial charge in [0.1, 0.15) is 5.82 Å². The van der Waals surface area contributed by atoms with E-state index in [1.54, 1.807) is 0 Å². The van der Waals surface area contributed by atoms with Gasteiger partial charge in [-0.15, -0.1) is 10.2 Å². The number of hydroxylamine groups is 1. The number of imidazole rings is 1. The van der Waals surface area contributed by atoms with Crippen LogP contribution < -0.4 is 5.48 Å². The topological polar surface area (TPSA) is 106 Å². The van der Waals surface area contributed by atoms with Crippen molar-refractivity contribution in [2.45, 2.75) is 18.1 Å². The molecule has 0 spiro atoms. The van der Waals surface area contributed by atoms with Crippen molar-refractivity contribution in [3.8, 4) is 0 Å². The Morgan fingerprint density at radius 3 is 3.04 bits per heavy atom. The zero-order valence-electron chi connectivity index (χ0n) is 12.4. The van der Waals surface area contributed by atoms with Gasteiger partial charge in [0.15, 0.2) is 0 Å². The van der Waals surface area contributed by atoms with E-state index >= 15 is 0 Å². The molecule has 2 aromatic heterocycles. The summed E-state index contributed by atoms with van der Waals surface area (Å²) in [5.41, 5.74) is 4.17. The number of thioether (sulfide) groups is 1. The molecule has 8 nitrogen and oxygen atoms in total. The summed E-state index contributed by atoms with van der Waals surface area (Å²) in [6, 6.07) is 7.86. The summed E-state index contributed by atoms with van der Waals surface area (Å²) in [6.07, 6.45) is 1.25. The minimum absolute atomic E-state index is 0.152. The van der Waals surface area contributed by atoms with Crippen LogP contribution in [0.15, 0.2) is 33.9 Å². The largest absolute Gasteiger partial charge is 0.416 e. The molecule has 0 saturated carbocycles. The average molecular weight is 333 g/mol. The van der Waals surface area contributed by atoms with Gasteiger partial charge < -0.3 is 9.40 Å². The number of rotatable bonds is 7. The molecule has 1 amide bonds. The SMILES string of the molecule is CONC(=O)CSc1nnc(CCc2nc3ccccc3[nH]2)o1. The Morgan fingerprint density at radius 2 is 2.22 bits per heavy atom. The van der Waals surface area contributed by atoms with Gasteiger partial charge in [-0.3, -0.25) is 9.63 Å². The number of amides is 1. The molecule has 3 rings (SSSR count). The van der Waals surface area contributed by atoms with Crippen LogP contribution in [0.25, 0.3) is 11.0 Å². The summed E-state index contributed by atoms with van der Waals surface area (Å²) in [5.74, 6) is 1.27. The van der Waals surface area contributed by atoms with Crippen LogP contribution in [0.3, 0.4) is 0 Å². The summed E-state index contributed by atoms with van der Waals surface area (Å²) in [5, 5.41) is 8.22. The predicted molar refractivity (Wildman–Crippen MR) is 83.7 cm³/mol. The third-order valence-corrected chi connectivity index (χ3v) is 3.82. The Bertz CT molecular complexity index is 767. The lowest BCUT2D eigenvalue weighted by Crippen LogP contribution is -2.23. The summed E-state index contributed by atoms with van der Waals surface area (Å²) < 4.78 is 5.49. The van der Waals surface area contributed by atoms with E-state index in [2.05, 4.69) is 30.5 Å². The molecule has 0 bridgehead atoms. The lowest BCUT2D eigenvalue weighted by molar-refractivity contribution is -0.128. The molecular formula is C14H15N5O3S. The molecule has 0 fully saturated rings. The first kappa shape index (κ1) is 15.5. The van der Waals surface area contributed by atoms with Crippen LogP contribution in [0.2, 0.25) is 0 Å². The van der Waals surface area contributed by atoms with E-state index in [9.17, 15) is 4.79 Å². The first-order chi connectivity index (χ1) is 11.2. The van der Waals surface area contributed by atoms with Crippen molar-refractivity contribution in [3.63, 3.8) is 0 Å². The van der Waals surface area contributed by atoms with Gasteiger partial charge in [-0.25, -0.2) is 10.5 Å². The number of benzene rings is 1. The average Bonchev–Trinajstić information content (AvgIpc) is 3.17. The van der Waals surface area contributed by atoms with Gasteiger partial charge in [-0.1, -0.05) is 23.9 Å². The first-order valence-electron chi connectivity index (χ1n) is 6.95. The molecule has 120 valence electrons. The maximum Gasteiger partial charge on any atom is 0.277 e. The maximum atomic E-state index is 11.3. The summed E-state index contributed by atoms with van der Waals surface area (Å²) in [6.45, 7) is 0. The number of H-pyrrole nitrogens is 1. The van der Waals surface area contributed by atoms with E-state index < -0.39 is 0 Å². The van der Waals surface area contributed by atoms with Crippen LogP contribution in [0.4, 0.5) is 0 Å². The number of carbonyl (C=O) groups is 1. The number of aromatic nitrogens is 4. The van der Waals surface area contributed by atoms with Crippen molar-refractivity contribution < 1.29 is 14.0 Å². The molecular weight excluding hydrogens is 318 g/mol. The molecule has 0 unspecified atom stereocenters. The first-order valence-corrected chi connectivity index (χ1v) is 7.94. The van der Waals surface area contributed by atoms with E-state index in [1.807, 2.05) is 24.3 Å². The summed E-state index contributed by atoms with van der Waals surface area (Å²) in [7, 11) is 1.38. The standard InChI is InChI=1S/C14H15N5O3S/c1-21-19-12(20)8-23-14-18-17-13(22-14)7-6-11-15-9-4-2-3-5-10(9)16-11/h2-5H,6-8H2,1H3,(H,15,16)(H,19,20). The Kier molecular flexibility index (Phi) is 4.89. The van der Waals surface area contributed by atoms with E-state index in [0.717, 1.165) is 28.6 Å². The zero-order chi connectivity index (χ0) is 16.1. The van der Waals surface area contributed by atoms with Crippen LogP contribution in [0.1, 0.15) is 11.7 Å². The molecule has 23 heavy (non-hydrogen) atoms. The molecule has 3 aromatic rings. The van der Waals surface area contributed by atoms with Gasteiger partial charge in [-0.05, 0) is 12.1 Å². The van der Waals surface area contributed by atoms with Crippen molar-refractivity contribution in [1.82, 2.24) is 25.6 Å². The highest BCUT2D eigenvalue weighted by molar-refractivity contribution is 7.99. The molecule has 1 aromatic carbocycles. The Hall–Kier alpha value is -2.39. The molecule has 0 aliphatic rings. The number of para-hydroxylation sites is 2. The van der Waals surface area contributed by atoms with Crippen molar-refractivity contribution in [2.24, 2.45) is 0 Å². The highest BCUT2D eigenvalue weighted by Crippen LogP contribution is 2.17. The maximum absolute atomic E-state index is 11.3. The van der Waals surface area contributed by atoms with Gasteiger partial charge in [0.05, 0.1) is 23.9 Å². The highest BCUT2D eigenvalue weighted by atomic mass is 32.2. The number of aryl methyl sites for hydroxylation is 2. The van der Waals surface area contributed by atoms with E-state index in [-0.39, 0.29) is 11.7 Å². The number of aromatic amines is 1. The smallest absolute Gasteiger partial charge is 0.277 e. The lowest BCUT2D eigenvalue weighted by Gasteiger charge is -1.98. The van der Waals surface area contributed by atoms with Crippen molar-refractivity contribution in [2.75, 3.05) is 12.9 Å². The van der Waals surface area contributed by atoms with Crippen molar-refractivity contribution in [1.29, 1.82) is 0 Å². The van der Waals surface area contributed by atoms with E-state index in [4.69, 9.17) is 4.42 Å². The zero-order valence-corrected chi connectivity index (χ0v) is 13.2. The second kappa shape index (κ2) is 7.25. The molecule has 0 aliphatic carbocycles. The van der Waals surface area contributed by atoms with Crippen molar-refractivity contribution >= 4 is 28.7 Å². The highest BCUT2D eigenvalue weighted by Gasteiger charge is 2.10. The summed E-state index contributed by atoms with van der Waals surface area (Å²) >= 11 is 1.16. The molecule has 2 heterocycles. The van der Waals surface area contributed by atoms with Gasteiger partial charge in [0, 0.05) is 12.8 Å². The summed E-state index contributed by atoms with van der Waals surface area (Å²) in [4.78, 5) is 23.5. The van der Waals surface area contributed by atoms with Crippen molar-refractivity contribution in [3.05, 3.63) is 36.0 Å². The van der Waals surface area contributed by atoms with Crippen LogP contribution in [-0.2, 0) is 22.5 Å². The van der Waals surface area contributed by atoms with Gasteiger partial charge >= 0.3 is 0 Å². The minimum Gasteiger partial charge on any atom is -0.416 e. The Morgan fingerprint density at radius 1 is 1.35 bits per heavy atom. The number of fused-ring (bicyclic) bond motifs is 1. The number of hydrogen-bond acceptors (Lipinski definition) is 7. The van der Waals surface area contributed by atoms with Crippen LogP contribution in [0, 0.1) is 0 Å². The van der Waals surface area contributed by atoms with Gasteiger partial charge in [0.25, 0.3) is 11.1 Å². The fraction of sp³-hybridized carbons (Fsp3) is 0.286. The monoisotopic (exact) mass is 333 g/mol. The molecule has 0 radical (unpaired) electrons. The number of hydrogen-bond donors (Lipinski definition) is 2. The molecule has 0 aliphatic heterocycles. The third kappa shape index (κ3) is 4.08. The second-order valence-electron chi connectivity index (χ2n) is 4.68. The van der Waals surface area contributed by atoms with Gasteiger partial charge in [-0.2, -0.15) is 0 Å². The molecule has 2 N–H and O–H groups in total. The van der Waals surface area contributed by atoms with Crippen LogP contribution in [-0.4, -0.2) is 38.9 Å². The predicted octanol–water partition coefficient (Wildman–Crippen LogP) is 1.50. The van der Waals surface area contributed by atoms with Crippen LogP contribution in [0.5, 0.6) is 0 Å². The number of carbonyl (C=O) groups excluding carboxylic acids is 1. The second-order valence-corrected chi connectivity index (χ2v) is 5.61. The molecule has 0 atom stereocenters. The van der Waals surface area contributed by atoms with E-state index in [1.165, 1.54) is 7.11 Å².